The third kappa shape index (κ3) is 3.36. The van der Waals surface area contributed by atoms with E-state index in [1.54, 1.807) is 6.92 Å². The van der Waals surface area contributed by atoms with Crippen molar-refractivity contribution in [3.63, 3.8) is 0 Å². The number of benzene rings is 1. The molecular formula is C14H19N3O2S2. The van der Waals surface area contributed by atoms with Crippen LogP contribution in [0.5, 0.6) is 0 Å². The summed E-state index contributed by atoms with van der Waals surface area (Å²) in [6, 6.07) is 8.14. The number of aryl methyl sites for hydroxylation is 1. The summed E-state index contributed by atoms with van der Waals surface area (Å²) in [4.78, 5) is 2.03. The molecule has 0 aliphatic heterocycles. The molecule has 1 aromatic carbocycles. The minimum Gasteiger partial charge on any atom is -0.382 e. The van der Waals surface area contributed by atoms with Crippen LogP contribution in [-0.2, 0) is 16.4 Å². The van der Waals surface area contributed by atoms with Gasteiger partial charge in [0.15, 0.2) is 15.7 Å². The minimum absolute atomic E-state index is 0.0149. The van der Waals surface area contributed by atoms with E-state index in [1.165, 1.54) is 5.56 Å². The molecule has 0 amide bonds. The van der Waals surface area contributed by atoms with Crippen LogP contribution >= 0.6 is 11.5 Å². The van der Waals surface area contributed by atoms with Crippen LogP contribution in [0.4, 0.5) is 10.8 Å². The molecule has 0 unspecified atom stereocenters. The molecule has 1 aromatic heterocycles. The zero-order valence-corrected chi connectivity index (χ0v) is 14.0. The molecule has 0 atom stereocenters. The van der Waals surface area contributed by atoms with Gasteiger partial charge in [-0.3, -0.25) is 0 Å². The average Bonchev–Trinajstić information content (AvgIpc) is 2.84. The van der Waals surface area contributed by atoms with Gasteiger partial charge in [0.2, 0.25) is 0 Å². The largest absolute Gasteiger partial charge is 0.382 e. The number of nitrogens with two attached hydrogens (primary N) is 1. The Kier molecular flexibility index (Phi) is 4.53. The van der Waals surface area contributed by atoms with E-state index in [2.05, 4.69) is 4.37 Å². The first kappa shape index (κ1) is 15.8. The molecule has 114 valence electrons. The smallest absolute Gasteiger partial charge is 0.184 e. The molecule has 2 rings (SSSR count). The second-order valence-corrected chi connectivity index (χ2v) is 7.91. The highest BCUT2D eigenvalue weighted by atomic mass is 32.2. The van der Waals surface area contributed by atoms with Crippen molar-refractivity contribution >= 4 is 32.2 Å². The van der Waals surface area contributed by atoms with Crippen molar-refractivity contribution in [2.24, 2.45) is 0 Å². The Morgan fingerprint density at radius 3 is 2.48 bits per heavy atom. The van der Waals surface area contributed by atoms with E-state index in [9.17, 15) is 8.42 Å². The van der Waals surface area contributed by atoms with Gasteiger partial charge in [-0.15, -0.1) is 0 Å². The first-order chi connectivity index (χ1) is 9.85. The Labute approximate surface area is 129 Å². The topological polar surface area (TPSA) is 76.3 Å². The molecule has 0 saturated heterocycles. The average molecular weight is 325 g/mol. The monoisotopic (exact) mass is 325 g/mol. The summed E-state index contributed by atoms with van der Waals surface area (Å²) in [5.41, 5.74) is 8.05. The summed E-state index contributed by atoms with van der Waals surface area (Å²) in [6.45, 7) is 4.24. The highest BCUT2D eigenvalue weighted by molar-refractivity contribution is 7.91. The van der Waals surface area contributed by atoms with E-state index >= 15 is 0 Å². The second kappa shape index (κ2) is 6.03. The summed E-state index contributed by atoms with van der Waals surface area (Å²) >= 11 is 1.12. The predicted molar refractivity (Wildman–Crippen MR) is 87.5 cm³/mol. The van der Waals surface area contributed by atoms with Crippen LogP contribution in [0.3, 0.4) is 0 Å². The van der Waals surface area contributed by atoms with Crippen molar-refractivity contribution in [3.05, 3.63) is 35.4 Å². The molecule has 0 radical (unpaired) electrons. The Hall–Kier alpha value is -1.60. The van der Waals surface area contributed by atoms with Gasteiger partial charge in [-0.2, -0.15) is 4.37 Å². The van der Waals surface area contributed by atoms with Gasteiger partial charge in [-0.25, -0.2) is 8.42 Å². The van der Waals surface area contributed by atoms with E-state index in [4.69, 9.17) is 5.73 Å². The van der Waals surface area contributed by atoms with Gasteiger partial charge in [0.25, 0.3) is 0 Å². The Balaban J connectivity index is 2.32. The molecule has 2 N–H and O–H groups in total. The zero-order valence-electron chi connectivity index (χ0n) is 12.3. The second-order valence-electron chi connectivity index (χ2n) is 4.95. The van der Waals surface area contributed by atoms with Gasteiger partial charge in [0.05, 0.1) is 5.75 Å². The molecule has 0 aliphatic rings. The lowest BCUT2D eigenvalue weighted by Gasteiger charge is -2.18. The van der Waals surface area contributed by atoms with Crippen LogP contribution < -0.4 is 10.6 Å². The maximum atomic E-state index is 12.2. The molecule has 0 fully saturated rings. The number of nitrogens with zero attached hydrogens (tertiary/aromatic N) is 2. The fourth-order valence-electron chi connectivity index (χ4n) is 2.00. The fourth-order valence-corrected chi connectivity index (χ4v) is 4.30. The van der Waals surface area contributed by atoms with Crippen LogP contribution in [-0.4, -0.2) is 25.6 Å². The Morgan fingerprint density at radius 1 is 1.29 bits per heavy atom. The summed E-state index contributed by atoms with van der Waals surface area (Å²) in [5.74, 6) is 0.105. The maximum Gasteiger partial charge on any atom is 0.184 e. The van der Waals surface area contributed by atoms with Crippen LogP contribution in [0.2, 0.25) is 0 Å². The summed E-state index contributed by atoms with van der Waals surface area (Å²) < 4.78 is 28.3. The van der Waals surface area contributed by atoms with Crippen molar-refractivity contribution in [3.8, 4) is 0 Å². The van der Waals surface area contributed by atoms with E-state index in [0.717, 1.165) is 17.1 Å². The van der Waals surface area contributed by atoms with Gasteiger partial charge in [0.1, 0.15) is 9.90 Å². The van der Waals surface area contributed by atoms with Crippen LogP contribution in [0, 0.1) is 6.92 Å². The number of hydrogen-bond donors (Lipinski definition) is 1. The molecule has 0 saturated carbocycles. The molecule has 21 heavy (non-hydrogen) atoms. The minimum atomic E-state index is -3.38. The van der Waals surface area contributed by atoms with Gasteiger partial charge in [0, 0.05) is 13.6 Å². The van der Waals surface area contributed by atoms with Gasteiger partial charge < -0.3 is 10.6 Å². The molecule has 1 heterocycles. The van der Waals surface area contributed by atoms with Crippen molar-refractivity contribution in [2.75, 3.05) is 23.4 Å². The fraction of sp³-hybridized carbons (Fsp3) is 0.357. The highest BCUT2D eigenvalue weighted by Crippen LogP contribution is 2.35. The lowest BCUT2D eigenvalue weighted by Crippen LogP contribution is -2.18. The third-order valence-electron chi connectivity index (χ3n) is 3.24. The van der Waals surface area contributed by atoms with Crippen LogP contribution in [0.15, 0.2) is 29.2 Å². The molecule has 7 heteroatoms. The summed E-state index contributed by atoms with van der Waals surface area (Å²) in [7, 11) is -1.53. The lowest BCUT2D eigenvalue weighted by molar-refractivity contribution is 0.597. The van der Waals surface area contributed by atoms with Crippen LogP contribution in [0.1, 0.15) is 18.1 Å². The quantitative estimate of drug-likeness (QED) is 0.914. The molecule has 2 aromatic rings. The van der Waals surface area contributed by atoms with Crippen LogP contribution in [0.25, 0.3) is 0 Å². The van der Waals surface area contributed by atoms with E-state index in [1.807, 2.05) is 43.1 Å². The van der Waals surface area contributed by atoms with E-state index in [0.29, 0.717) is 11.5 Å². The number of anilines is 2. The third-order valence-corrected chi connectivity index (χ3v) is 6.13. The van der Waals surface area contributed by atoms with Crippen molar-refractivity contribution in [1.82, 2.24) is 4.37 Å². The van der Waals surface area contributed by atoms with Crippen molar-refractivity contribution in [1.29, 1.82) is 0 Å². The van der Waals surface area contributed by atoms with Gasteiger partial charge in [-0.1, -0.05) is 36.8 Å². The molecule has 0 spiro atoms. The molecule has 0 bridgehead atoms. The lowest BCUT2D eigenvalue weighted by atomic mass is 10.1. The number of aromatic nitrogens is 1. The first-order valence-corrected chi connectivity index (χ1v) is 9.02. The van der Waals surface area contributed by atoms with E-state index in [-0.39, 0.29) is 16.5 Å². The summed E-state index contributed by atoms with van der Waals surface area (Å²) in [5, 5.41) is 0.593. The zero-order chi connectivity index (χ0) is 15.6. The van der Waals surface area contributed by atoms with E-state index < -0.39 is 9.84 Å². The number of nitrogen functional groups attached to an aromatic ring is 1. The normalized spacial score (nSPS) is 11.6. The van der Waals surface area contributed by atoms with Gasteiger partial charge >= 0.3 is 0 Å². The SMILES string of the molecule is CCS(=O)(=O)c1c(N)nsc1N(C)Cc1ccc(C)cc1. The Morgan fingerprint density at radius 2 is 1.90 bits per heavy atom. The molecule has 0 aliphatic carbocycles. The Bertz CT molecular complexity index is 721. The number of hydrogen-bond acceptors (Lipinski definition) is 6. The first-order valence-electron chi connectivity index (χ1n) is 6.59. The number of sulfone groups is 1. The molecule has 5 nitrogen and oxygen atoms in total. The molecular weight excluding hydrogens is 306 g/mol. The maximum absolute atomic E-state index is 12.2. The summed E-state index contributed by atoms with van der Waals surface area (Å²) in [6.07, 6.45) is 0. The standard InChI is InChI=1S/C14H19N3O2S2/c1-4-21(18,19)12-13(15)16-20-14(12)17(3)9-11-7-5-10(2)6-8-11/h5-8H,4,9H2,1-3H3,(H2,15,16). The van der Waals surface area contributed by atoms with Crippen molar-refractivity contribution < 1.29 is 8.42 Å². The van der Waals surface area contributed by atoms with Gasteiger partial charge in [-0.05, 0) is 24.0 Å². The predicted octanol–water partition coefficient (Wildman–Crippen LogP) is 2.46. The highest BCUT2D eigenvalue weighted by Gasteiger charge is 2.26. The number of rotatable bonds is 5. The van der Waals surface area contributed by atoms with Crippen molar-refractivity contribution in [2.45, 2.75) is 25.3 Å².